The highest BCUT2D eigenvalue weighted by molar-refractivity contribution is 6.22. The SMILES string of the molecule is COC(=O)c1c(C(F)(F)Cl)nc(C(F)(F)F)c(C(=O)O)c1NC1CC1. The van der Waals surface area contributed by atoms with Crippen LogP contribution in [-0.2, 0) is 16.3 Å². The van der Waals surface area contributed by atoms with Crippen molar-refractivity contribution in [3.05, 3.63) is 22.5 Å². The molecule has 0 aliphatic heterocycles. The van der Waals surface area contributed by atoms with Crippen molar-refractivity contribution in [2.75, 3.05) is 12.4 Å². The lowest BCUT2D eigenvalue weighted by Crippen LogP contribution is -2.27. The average Bonchev–Trinajstić information content (AvgIpc) is 3.26. The molecule has 0 amide bonds. The van der Waals surface area contributed by atoms with Crippen LogP contribution in [0.25, 0.3) is 0 Å². The fourth-order valence-corrected chi connectivity index (χ4v) is 2.22. The standard InChI is InChI=1S/C13H10ClF5N2O4/c1-25-11(24)6-7(20-4-2-3-4)5(10(22)23)9(13(17,18)19)21-8(6)12(14,15)16/h4H,2-3H2,1H3,(H,20,21)(H,22,23). The van der Waals surface area contributed by atoms with Crippen LogP contribution in [0.5, 0.6) is 0 Å². The van der Waals surface area contributed by atoms with E-state index in [9.17, 15) is 31.5 Å². The van der Waals surface area contributed by atoms with Crippen LogP contribution in [0.2, 0.25) is 0 Å². The number of aromatic carboxylic acids is 1. The van der Waals surface area contributed by atoms with E-state index >= 15 is 0 Å². The molecule has 1 fully saturated rings. The Morgan fingerprint density at radius 1 is 1.20 bits per heavy atom. The maximum absolute atomic E-state index is 13.6. The number of carboxylic acids is 1. The molecule has 1 heterocycles. The van der Waals surface area contributed by atoms with E-state index in [-0.39, 0.29) is 0 Å². The van der Waals surface area contributed by atoms with Crippen molar-refractivity contribution in [3.8, 4) is 0 Å². The van der Waals surface area contributed by atoms with E-state index < -0.39 is 57.7 Å². The van der Waals surface area contributed by atoms with Crippen LogP contribution in [0, 0.1) is 0 Å². The number of nitrogens with zero attached hydrogens (tertiary/aromatic N) is 1. The van der Waals surface area contributed by atoms with E-state index in [1.54, 1.807) is 0 Å². The largest absolute Gasteiger partial charge is 0.478 e. The van der Waals surface area contributed by atoms with Crippen LogP contribution >= 0.6 is 11.6 Å². The van der Waals surface area contributed by atoms with E-state index in [0.29, 0.717) is 12.8 Å². The summed E-state index contributed by atoms with van der Waals surface area (Å²) in [6.45, 7) is 0. The van der Waals surface area contributed by atoms with E-state index in [1.165, 1.54) is 0 Å². The maximum Gasteiger partial charge on any atom is 0.434 e. The molecule has 0 unspecified atom stereocenters. The maximum atomic E-state index is 13.6. The normalized spacial score (nSPS) is 15.0. The van der Waals surface area contributed by atoms with Gasteiger partial charge >= 0.3 is 23.5 Å². The molecule has 1 aromatic rings. The lowest BCUT2D eigenvalue weighted by molar-refractivity contribution is -0.142. The summed E-state index contributed by atoms with van der Waals surface area (Å²) < 4.78 is 71.0. The smallest absolute Gasteiger partial charge is 0.434 e. The lowest BCUT2D eigenvalue weighted by atomic mass is 10.0. The molecule has 1 aliphatic rings. The van der Waals surface area contributed by atoms with Gasteiger partial charge in [0, 0.05) is 6.04 Å². The van der Waals surface area contributed by atoms with E-state index in [4.69, 9.17) is 16.7 Å². The van der Waals surface area contributed by atoms with Crippen LogP contribution in [0.3, 0.4) is 0 Å². The highest BCUT2D eigenvalue weighted by Crippen LogP contribution is 2.43. The third kappa shape index (κ3) is 3.91. The minimum Gasteiger partial charge on any atom is -0.478 e. The molecule has 2 rings (SSSR count). The fourth-order valence-electron chi connectivity index (χ4n) is 2.08. The molecule has 1 aliphatic carbocycles. The summed E-state index contributed by atoms with van der Waals surface area (Å²) in [4.78, 5) is 25.9. The van der Waals surface area contributed by atoms with Gasteiger partial charge in [0.2, 0.25) is 0 Å². The van der Waals surface area contributed by atoms with Crippen molar-refractivity contribution in [3.63, 3.8) is 0 Å². The summed E-state index contributed by atoms with van der Waals surface area (Å²) in [5.74, 6) is -3.60. The van der Waals surface area contributed by atoms with Gasteiger partial charge in [-0.05, 0) is 24.4 Å². The fraction of sp³-hybridized carbons (Fsp3) is 0.462. The van der Waals surface area contributed by atoms with Crippen LogP contribution in [0.4, 0.5) is 27.6 Å². The second kappa shape index (κ2) is 6.28. The number of hydrogen-bond donors (Lipinski definition) is 2. The molecule has 0 bridgehead atoms. The van der Waals surface area contributed by atoms with Crippen molar-refractivity contribution >= 4 is 29.2 Å². The van der Waals surface area contributed by atoms with Gasteiger partial charge in [-0.2, -0.15) is 22.0 Å². The zero-order valence-electron chi connectivity index (χ0n) is 12.4. The predicted octanol–water partition coefficient (Wildman–Crippen LogP) is 3.45. The Labute approximate surface area is 141 Å². The Hall–Kier alpha value is -2.17. The third-order valence-electron chi connectivity index (χ3n) is 3.26. The van der Waals surface area contributed by atoms with Gasteiger partial charge in [0.1, 0.15) is 16.8 Å². The first-order valence-electron chi connectivity index (χ1n) is 6.68. The molecule has 0 aromatic carbocycles. The van der Waals surface area contributed by atoms with Gasteiger partial charge < -0.3 is 15.2 Å². The topological polar surface area (TPSA) is 88.5 Å². The molecular formula is C13H10ClF5N2O4. The number of rotatable bonds is 5. The van der Waals surface area contributed by atoms with Crippen LogP contribution in [-0.4, -0.2) is 35.2 Å². The van der Waals surface area contributed by atoms with Crippen molar-refractivity contribution in [2.24, 2.45) is 0 Å². The van der Waals surface area contributed by atoms with Gasteiger partial charge in [-0.1, -0.05) is 0 Å². The number of methoxy groups -OCH3 is 1. The second-order valence-corrected chi connectivity index (χ2v) is 5.62. The minimum atomic E-state index is -5.38. The van der Waals surface area contributed by atoms with Crippen LogP contribution < -0.4 is 5.32 Å². The molecular weight excluding hydrogens is 379 g/mol. The molecule has 25 heavy (non-hydrogen) atoms. The van der Waals surface area contributed by atoms with E-state index in [0.717, 1.165) is 7.11 Å². The van der Waals surface area contributed by atoms with Gasteiger partial charge in [-0.25, -0.2) is 14.6 Å². The number of carbonyl (C=O) groups excluding carboxylic acids is 1. The van der Waals surface area contributed by atoms with E-state index in [1.807, 2.05) is 0 Å². The molecule has 0 spiro atoms. The van der Waals surface area contributed by atoms with E-state index in [2.05, 4.69) is 15.0 Å². The predicted molar refractivity (Wildman–Crippen MR) is 73.9 cm³/mol. The third-order valence-corrected chi connectivity index (χ3v) is 3.44. The molecule has 1 aromatic heterocycles. The summed E-state index contributed by atoms with van der Waals surface area (Å²) in [7, 11) is 0.789. The first kappa shape index (κ1) is 19.2. The Morgan fingerprint density at radius 2 is 1.76 bits per heavy atom. The first-order valence-corrected chi connectivity index (χ1v) is 7.06. The Morgan fingerprint density at radius 3 is 2.12 bits per heavy atom. The molecule has 138 valence electrons. The quantitative estimate of drug-likeness (QED) is 0.456. The monoisotopic (exact) mass is 388 g/mol. The van der Waals surface area contributed by atoms with Crippen molar-refractivity contribution in [1.29, 1.82) is 0 Å². The van der Waals surface area contributed by atoms with Gasteiger partial charge in [0.15, 0.2) is 5.69 Å². The number of anilines is 1. The van der Waals surface area contributed by atoms with Crippen molar-refractivity contribution in [2.45, 2.75) is 30.4 Å². The van der Waals surface area contributed by atoms with Crippen LogP contribution in [0.1, 0.15) is 44.9 Å². The molecule has 0 atom stereocenters. The lowest BCUT2D eigenvalue weighted by Gasteiger charge is -2.21. The van der Waals surface area contributed by atoms with Crippen molar-refractivity contribution < 1.29 is 41.4 Å². The number of alkyl halides is 6. The summed E-state index contributed by atoms with van der Waals surface area (Å²) in [6, 6.07) is -0.471. The van der Waals surface area contributed by atoms with Gasteiger partial charge in [0.05, 0.1) is 12.8 Å². The molecule has 6 nitrogen and oxygen atoms in total. The molecule has 1 saturated carbocycles. The zero-order chi connectivity index (χ0) is 19.2. The van der Waals surface area contributed by atoms with Gasteiger partial charge in [-0.15, -0.1) is 0 Å². The number of nitrogens with one attached hydrogen (secondary N) is 1. The first-order chi connectivity index (χ1) is 11.4. The van der Waals surface area contributed by atoms with Gasteiger partial charge in [0.25, 0.3) is 0 Å². The highest BCUT2D eigenvalue weighted by atomic mass is 35.5. The molecule has 2 N–H and O–H groups in total. The van der Waals surface area contributed by atoms with Crippen molar-refractivity contribution in [1.82, 2.24) is 4.98 Å². The highest BCUT2D eigenvalue weighted by Gasteiger charge is 2.47. The number of halogens is 6. The minimum absolute atomic E-state index is 0.454. The number of pyridine rings is 1. The summed E-state index contributed by atoms with van der Waals surface area (Å²) in [5, 5.41) is 7.05. The summed E-state index contributed by atoms with van der Waals surface area (Å²) in [6.07, 6.45) is -4.47. The second-order valence-electron chi connectivity index (χ2n) is 5.14. The number of hydrogen-bond acceptors (Lipinski definition) is 5. The zero-order valence-corrected chi connectivity index (χ0v) is 13.1. The number of ether oxygens (including phenoxy) is 1. The van der Waals surface area contributed by atoms with Gasteiger partial charge in [-0.3, -0.25) is 0 Å². The van der Waals surface area contributed by atoms with Crippen LogP contribution in [0.15, 0.2) is 0 Å². The number of carboxylic acid groups (broad SMARTS) is 1. The molecule has 0 radical (unpaired) electrons. The Kier molecular flexibility index (Phi) is 4.81. The Balaban J connectivity index is 2.94. The summed E-state index contributed by atoms with van der Waals surface area (Å²) in [5.41, 5.74) is -7.38. The molecule has 12 heteroatoms. The number of aromatic nitrogens is 1. The average molecular weight is 389 g/mol. The summed E-state index contributed by atoms with van der Waals surface area (Å²) >= 11 is 4.80. The number of carbonyl (C=O) groups is 2. The number of esters is 1. The Bertz CT molecular complexity index is 729. The molecule has 0 saturated heterocycles.